The Balaban J connectivity index is 3.06. The first-order chi connectivity index (χ1) is 8.27. The number of likely N-dealkylation sites (N-methyl/N-ethyl adjacent to an activating group) is 1. The van der Waals surface area contributed by atoms with Crippen molar-refractivity contribution < 1.29 is 8.78 Å². The Morgan fingerprint density at radius 1 is 1.61 bits per heavy atom. The van der Waals surface area contributed by atoms with Crippen LogP contribution in [0.2, 0.25) is 0 Å². The van der Waals surface area contributed by atoms with Gasteiger partial charge in [0.25, 0.3) is 5.92 Å². The molecule has 0 aromatic carbocycles. The third-order valence-corrected chi connectivity index (χ3v) is 3.74. The largest absolute Gasteiger partial charge is 0.373 e. The number of piperazine rings is 1. The van der Waals surface area contributed by atoms with E-state index in [1.54, 1.807) is 6.08 Å². The van der Waals surface area contributed by atoms with Crippen LogP contribution in [0.4, 0.5) is 8.78 Å². The fourth-order valence-corrected chi connectivity index (χ4v) is 2.59. The van der Waals surface area contributed by atoms with E-state index in [1.165, 1.54) is 6.08 Å². The zero-order valence-electron chi connectivity index (χ0n) is 10.9. The highest BCUT2D eigenvalue weighted by molar-refractivity contribution is 9.11. The molecule has 1 fully saturated rings. The normalized spacial score (nSPS) is 25.1. The van der Waals surface area contributed by atoms with E-state index in [4.69, 9.17) is 0 Å². The van der Waals surface area contributed by atoms with E-state index in [1.807, 2.05) is 7.05 Å². The van der Waals surface area contributed by atoms with Crippen molar-refractivity contribution in [2.45, 2.75) is 25.8 Å². The second-order valence-electron chi connectivity index (χ2n) is 4.58. The predicted octanol–water partition coefficient (Wildman–Crippen LogP) is 3.28. The average molecular weight is 321 g/mol. The molecule has 0 spiro atoms. The van der Waals surface area contributed by atoms with Gasteiger partial charge in [-0.2, -0.15) is 0 Å². The van der Waals surface area contributed by atoms with Crippen molar-refractivity contribution in [2.75, 3.05) is 20.1 Å². The number of nitrogens with zero attached hydrogens (tertiary/aromatic N) is 1. The molecular formula is C13H19BrF2N2. The molecule has 0 aliphatic carbocycles. The monoisotopic (exact) mass is 320 g/mol. The van der Waals surface area contributed by atoms with E-state index in [0.29, 0.717) is 17.1 Å². The van der Waals surface area contributed by atoms with Gasteiger partial charge in [-0.15, -0.1) is 0 Å². The molecule has 0 aromatic heterocycles. The van der Waals surface area contributed by atoms with Gasteiger partial charge in [-0.25, -0.2) is 8.78 Å². The van der Waals surface area contributed by atoms with E-state index >= 15 is 0 Å². The van der Waals surface area contributed by atoms with E-state index in [-0.39, 0.29) is 5.57 Å². The average Bonchev–Trinajstić information content (AvgIpc) is 2.23. The smallest absolute Gasteiger partial charge is 0.271 e. The number of halogens is 3. The molecule has 1 rings (SSSR count). The number of hydrogen-bond donors (Lipinski definition) is 1. The first-order valence-corrected chi connectivity index (χ1v) is 6.61. The van der Waals surface area contributed by atoms with Crippen LogP contribution in [0.15, 0.2) is 34.5 Å². The molecule has 0 bridgehead atoms. The predicted molar refractivity (Wildman–Crippen MR) is 74.9 cm³/mol. The molecule has 1 atom stereocenters. The van der Waals surface area contributed by atoms with Crippen LogP contribution < -0.4 is 5.32 Å². The van der Waals surface area contributed by atoms with Crippen LogP contribution in [0.3, 0.4) is 0 Å². The van der Waals surface area contributed by atoms with Crippen LogP contribution in [0, 0.1) is 0 Å². The third-order valence-electron chi connectivity index (χ3n) is 3.09. The summed E-state index contributed by atoms with van der Waals surface area (Å²) in [7, 11) is 1.97. The molecule has 1 unspecified atom stereocenters. The summed E-state index contributed by atoms with van der Waals surface area (Å²) in [6.07, 6.45) is 2.93. The molecule has 1 N–H and O–H groups in total. The summed E-state index contributed by atoms with van der Waals surface area (Å²) in [6.45, 7) is 7.98. The lowest BCUT2D eigenvalue weighted by Crippen LogP contribution is -2.46. The lowest BCUT2D eigenvalue weighted by molar-refractivity contribution is 0.0673. The van der Waals surface area contributed by atoms with E-state index in [0.717, 1.165) is 19.2 Å². The number of nitrogens with one attached hydrogen (secondary N) is 1. The zero-order valence-corrected chi connectivity index (χ0v) is 12.5. The summed E-state index contributed by atoms with van der Waals surface area (Å²) < 4.78 is 27.1. The van der Waals surface area contributed by atoms with Crippen molar-refractivity contribution in [3.63, 3.8) is 0 Å². The molecule has 0 aromatic rings. The summed E-state index contributed by atoms with van der Waals surface area (Å²) in [5, 5.41) is 3.25. The van der Waals surface area contributed by atoms with E-state index < -0.39 is 5.92 Å². The Labute approximate surface area is 116 Å². The first kappa shape index (κ1) is 15.4. The van der Waals surface area contributed by atoms with Gasteiger partial charge in [0.05, 0.1) is 0 Å². The van der Waals surface area contributed by atoms with E-state index in [9.17, 15) is 8.78 Å². The van der Waals surface area contributed by atoms with Crippen LogP contribution in [0.25, 0.3) is 0 Å². The lowest BCUT2D eigenvalue weighted by atomic mass is 10.1. The van der Waals surface area contributed by atoms with Crippen LogP contribution in [-0.2, 0) is 0 Å². The number of alkyl halides is 2. The van der Waals surface area contributed by atoms with Gasteiger partial charge in [-0.05, 0) is 13.0 Å². The lowest BCUT2D eigenvalue weighted by Gasteiger charge is -2.35. The summed E-state index contributed by atoms with van der Waals surface area (Å²) in [6, 6.07) is 0.347. The molecule has 0 saturated carbocycles. The molecular weight excluding hydrogens is 302 g/mol. The van der Waals surface area contributed by atoms with E-state index in [2.05, 4.69) is 39.6 Å². The Kier molecular flexibility index (Phi) is 5.10. The fourth-order valence-electron chi connectivity index (χ4n) is 1.82. The van der Waals surface area contributed by atoms with Crippen molar-refractivity contribution in [3.05, 3.63) is 34.5 Å². The van der Waals surface area contributed by atoms with Gasteiger partial charge >= 0.3 is 0 Å². The molecule has 2 nitrogen and oxygen atoms in total. The minimum absolute atomic E-state index is 0.0957. The second kappa shape index (κ2) is 5.97. The fraction of sp³-hybridized carbons (Fsp3) is 0.538. The minimum Gasteiger partial charge on any atom is -0.373 e. The SMILES string of the molecule is C=C/C(=C(Br)\C=C1/CNCC(C)N1C)C(C)(F)F. The van der Waals surface area contributed by atoms with Crippen molar-refractivity contribution in [1.82, 2.24) is 10.2 Å². The molecule has 1 heterocycles. The Hall–Kier alpha value is -0.680. The van der Waals surface area contributed by atoms with Crippen molar-refractivity contribution in [1.29, 1.82) is 0 Å². The van der Waals surface area contributed by atoms with Gasteiger partial charge < -0.3 is 10.2 Å². The summed E-state index contributed by atoms with van der Waals surface area (Å²) in [5.74, 6) is -2.90. The Morgan fingerprint density at radius 3 is 2.72 bits per heavy atom. The number of rotatable bonds is 3. The molecule has 102 valence electrons. The molecule has 0 radical (unpaired) electrons. The number of hydrogen-bond acceptors (Lipinski definition) is 2. The minimum atomic E-state index is -2.90. The standard InChI is InChI=1S/C13H19BrF2N2/c1-5-11(13(3,15)16)12(14)6-10-8-17-7-9(2)18(10)4/h5-6,9,17H,1,7-8H2,2-4H3/b10-6+,12-11-. The number of allylic oxidation sites excluding steroid dienone is 4. The highest BCUT2D eigenvalue weighted by Gasteiger charge is 2.27. The van der Waals surface area contributed by atoms with Crippen molar-refractivity contribution in [3.8, 4) is 0 Å². The van der Waals surface area contributed by atoms with Crippen LogP contribution in [0.1, 0.15) is 13.8 Å². The van der Waals surface area contributed by atoms with Crippen LogP contribution >= 0.6 is 15.9 Å². The molecule has 18 heavy (non-hydrogen) atoms. The maximum absolute atomic E-state index is 13.3. The molecule has 1 aliphatic heterocycles. The van der Waals surface area contributed by atoms with Gasteiger partial charge in [0.15, 0.2) is 0 Å². The maximum Gasteiger partial charge on any atom is 0.271 e. The zero-order chi connectivity index (χ0) is 13.9. The highest BCUT2D eigenvalue weighted by atomic mass is 79.9. The van der Waals surface area contributed by atoms with Gasteiger partial charge in [0, 0.05) is 48.9 Å². The quantitative estimate of drug-likeness (QED) is 0.803. The molecule has 1 saturated heterocycles. The van der Waals surface area contributed by atoms with Crippen LogP contribution in [0.5, 0.6) is 0 Å². The maximum atomic E-state index is 13.3. The Bertz CT molecular complexity index is 383. The summed E-state index contributed by atoms with van der Waals surface area (Å²) in [5.41, 5.74) is 0.880. The third kappa shape index (κ3) is 3.65. The van der Waals surface area contributed by atoms with Gasteiger partial charge in [0.2, 0.25) is 0 Å². The van der Waals surface area contributed by atoms with Crippen LogP contribution in [-0.4, -0.2) is 37.0 Å². The summed E-state index contributed by atoms with van der Waals surface area (Å²) >= 11 is 3.22. The molecule has 0 amide bonds. The van der Waals surface area contributed by atoms with Gasteiger partial charge in [-0.1, -0.05) is 28.6 Å². The van der Waals surface area contributed by atoms with Gasteiger partial charge in [-0.3, -0.25) is 0 Å². The van der Waals surface area contributed by atoms with Gasteiger partial charge in [0.1, 0.15) is 0 Å². The Morgan fingerprint density at radius 2 is 2.22 bits per heavy atom. The molecule has 1 aliphatic rings. The van der Waals surface area contributed by atoms with Crippen molar-refractivity contribution in [2.24, 2.45) is 0 Å². The molecule has 5 heteroatoms. The second-order valence-corrected chi connectivity index (χ2v) is 5.43. The van der Waals surface area contributed by atoms with Crippen molar-refractivity contribution >= 4 is 15.9 Å². The first-order valence-electron chi connectivity index (χ1n) is 5.82. The highest BCUT2D eigenvalue weighted by Crippen LogP contribution is 2.31. The summed E-state index contributed by atoms with van der Waals surface area (Å²) in [4.78, 5) is 2.09. The topological polar surface area (TPSA) is 15.3 Å².